The molecule has 3 aromatic rings. The largest absolute Gasteiger partial charge is 0.508 e. The molecule has 0 amide bonds. The lowest BCUT2D eigenvalue weighted by atomic mass is 9.79. The zero-order valence-electron chi connectivity index (χ0n) is 30.5. The lowest BCUT2D eigenvalue weighted by Gasteiger charge is -2.28. The van der Waals surface area contributed by atoms with Crippen LogP contribution in [0.1, 0.15) is 144 Å². The second kappa shape index (κ2) is 21.5. The van der Waals surface area contributed by atoms with Gasteiger partial charge >= 0.3 is 0 Å². The highest BCUT2D eigenvalue weighted by Gasteiger charge is 2.27. The molecule has 262 valence electrons. The van der Waals surface area contributed by atoms with Crippen LogP contribution < -0.4 is 5.32 Å². The minimum Gasteiger partial charge on any atom is -0.508 e. The van der Waals surface area contributed by atoms with E-state index in [-0.39, 0.29) is 10.8 Å². The molecule has 0 spiro atoms. The van der Waals surface area contributed by atoms with E-state index in [0.717, 1.165) is 38.6 Å². The summed E-state index contributed by atoms with van der Waals surface area (Å²) in [4.78, 5) is 14.4. The zero-order valence-corrected chi connectivity index (χ0v) is 32.1. The van der Waals surface area contributed by atoms with Crippen LogP contribution in [0.5, 0.6) is 11.5 Å². The lowest BCUT2D eigenvalue weighted by Crippen LogP contribution is -2.18. The van der Waals surface area contributed by atoms with Crippen LogP contribution in [0.25, 0.3) is 0 Å². The minimum absolute atomic E-state index is 0.197. The fourth-order valence-electron chi connectivity index (χ4n) is 5.02. The van der Waals surface area contributed by atoms with Crippen LogP contribution in [-0.2, 0) is 10.8 Å². The van der Waals surface area contributed by atoms with E-state index >= 15 is 0 Å². The molecule has 0 saturated carbocycles. The average Bonchev–Trinajstić information content (AvgIpc) is 3.00. The first-order chi connectivity index (χ1) is 22.3. The molecule has 47 heavy (non-hydrogen) atoms. The molecule has 0 bridgehead atoms. The zero-order chi connectivity index (χ0) is 34.7. The number of hydrogen-bond donors (Lipinski definition) is 3. The fourth-order valence-corrected chi connectivity index (χ4v) is 6.75. The van der Waals surface area contributed by atoms with Gasteiger partial charge in [-0.2, -0.15) is 15.0 Å². The summed E-state index contributed by atoms with van der Waals surface area (Å²) < 4.78 is 0. The fraction of sp³-hybridized carbons (Fsp3) is 0.615. The Morgan fingerprint density at radius 1 is 0.596 bits per heavy atom. The van der Waals surface area contributed by atoms with Crippen molar-refractivity contribution in [1.29, 1.82) is 0 Å². The molecule has 0 radical (unpaired) electrons. The van der Waals surface area contributed by atoms with Crippen LogP contribution in [0, 0.1) is 0 Å². The first-order valence-electron chi connectivity index (χ1n) is 17.8. The summed E-state index contributed by atoms with van der Waals surface area (Å²) in [5.41, 5.74) is 2.35. The van der Waals surface area contributed by atoms with Gasteiger partial charge in [-0.05, 0) is 47.9 Å². The highest BCUT2D eigenvalue weighted by molar-refractivity contribution is 7.99. The molecule has 0 aliphatic rings. The van der Waals surface area contributed by atoms with E-state index in [9.17, 15) is 5.11 Å². The summed E-state index contributed by atoms with van der Waals surface area (Å²) in [6.07, 6.45) is 15.4. The Bertz CT molecular complexity index is 1220. The highest BCUT2D eigenvalue weighted by atomic mass is 32.2. The predicted molar refractivity (Wildman–Crippen MR) is 205 cm³/mol. The van der Waals surface area contributed by atoms with Gasteiger partial charge in [0.15, 0.2) is 10.3 Å². The first-order valence-corrected chi connectivity index (χ1v) is 19.7. The molecule has 1 heterocycles. The number of para-hydroxylation sites is 1. The van der Waals surface area contributed by atoms with E-state index in [4.69, 9.17) is 20.1 Å². The van der Waals surface area contributed by atoms with Crippen LogP contribution in [0.4, 0.5) is 11.6 Å². The molecule has 0 atom stereocenters. The number of aromatic nitrogens is 3. The summed E-state index contributed by atoms with van der Waals surface area (Å²) in [5.74, 6) is 3.34. The van der Waals surface area contributed by atoms with Crippen LogP contribution in [0.15, 0.2) is 52.8 Å². The first kappa shape index (κ1) is 40.7. The standard InChI is InChI=1S/C33H56N4OS2.C6H6O/c1-9-11-13-15-17-19-21-39-30-35-29(36-31(37-30)40-22-20-18-16-14-12-10-2)34-25-23-26(32(3,4)5)28(38)27(24-25)33(6,7)8;7-6-4-2-1-3-5-6/h23-24,38H,9-22H2,1-8H3,(H,34,35,36,37);1-5,7H. The number of nitrogens with zero attached hydrogens (tertiary/aromatic N) is 3. The number of phenolic OH excluding ortho intramolecular Hbond substituents is 2. The van der Waals surface area contributed by atoms with E-state index in [1.807, 2.05) is 18.2 Å². The topological polar surface area (TPSA) is 91.2 Å². The lowest BCUT2D eigenvalue weighted by molar-refractivity contribution is 0.423. The van der Waals surface area contributed by atoms with Crippen molar-refractivity contribution in [1.82, 2.24) is 15.0 Å². The SMILES string of the molecule is CCCCCCCCSc1nc(Nc2cc(C(C)(C)C)c(O)c(C(C)(C)C)c2)nc(SCCCCCCCC)n1.Oc1ccccc1. The van der Waals surface area contributed by atoms with Crippen LogP contribution in [0.3, 0.4) is 0 Å². The predicted octanol–water partition coefficient (Wildman–Crippen LogP) is 12.2. The second-order valence-corrected chi connectivity index (χ2v) is 16.5. The Labute approximate surface area is 294 Å². The van der Waals surface area contributed by atoms with Gasteiger partial charge in [0.1, 0.15) is 11.5 Å². The molecule has 0 aliphatic carbocycles. The van der Waals surface area contributed by atoms with E-state index in [2.05, 4.69) is 60.7 Å². The summed E-state index contributed by atoms with van der Waals surface area (Å²) in [7, 11) is 0. The number of nitrogens with one attached hydrogen (secondary N) is 1. The summed E-state index contributed by atoms with van der Waals surface area (Å²) in [6, 6.07) is 12.8. The molecule has 3 rings (SSSR count). The summed E-state index contributed by atoms with van der Waals surface area (Å²) in [6.45, 7) is 17.3. The van der Waals surface area contributed by atoms with Crippen LogP contribution >= 0.6 is 23.5 Å². The van der Waals surface area contributed by atoms with Gasteiger partial charge in [-0.25, -0.2) is 0 Å². The Kier molecular flexibility index (Phi) is 18.6. The quantitative estimate of drug-likeness (QED) is 0.0693. The monoisotopic (exact) mass is 682 g/mol. The molecule has 1 aromatic heterocycles. The Morgan fingerprint density at radius 3 is 1.40 bits per heavy atom. The molecular weight excluding hydrogens is 621 g/mol. The number of benzene rings is 2. The third kappa shape index (κ3) is 16.5. The third-order valence-corrected chi connectivity index (χ3v) is 9.66. The van der Waals surface area contributed by atoms with E-state index in [0.29, 0.717) is 17.4 Å². The molecule has 0 aliphatic heterocycles. The molecule has 6 nitrogen and oxygen atoms in total. The van der Waals surface area contributed by atoms with Crippen molar-refractivity contribution in [2.45, 2.75) is 154 Å². The molecule has 3 N–H and O–H groups in total. The van der Waals surface area contributed by atoms with Crippen molar-refractivity contribution >= 4 is 35.2 Å². The molecule has 0 saturated heterocycles. The van der Waals surface area contributed by atoms with E-state index < -0.39 is 0 Å². The van der Waals surface area contributed by atoms with Crippen molar-refractivity contribution in [2.24, 2.45) is 0 Å². The summed E-state index contributed by atoms with van der Waals surface area (Å²) >= 11 is 3.48. The molecule has 0 unspecified atom stereocenters. The summed E-state index contributed by atoms with van der Waals surface area (Å²) in [5, 5.41) is 24.8. The normalized spacial score (nSPS) is 11.7. The third-order valence-electron chi connectivity index (χ3n) is 7.79. The van der Waals surface area contributed by atoms with Crippen molar-refractivity contribution in [3.63, 3.8) is 0 Å². The maximum absolute atomic E-state index is 11.1. The number of anilines is 2. The molecule has 0 fully saturated rings. The Hall–Kier alpha value is -2.45. The maximum Gasteiger partial charge on any atom is 0.232 e. The van der Waals surface area contributed by atoms with Crippen molar-refractivity contribution in [3.8, 4) is 11.5 Å². The second-order valence-electron chi connectivity index (χ2n) is 14.3. The average molecular weight is 683 g/mol. The van der Waals surface area contributed by atoms with Gasteiger partial charge in [0.25, 0.3) is 0 Å². The highest BCUT2D eigenvalue weighted by Crippen LogP contribution is 2.41. The van der Waals surface area contributed by atoms with Gasteiger partial charge in [0.05, 0.1) is 0 Å². The Morgan fingerprint density at radius 2 is 1.02 bits per heavy atom. The van der Waals surface area contributed by atoms with Gasteiger partial charge in [-0.15, -0.1) is 0 Å². The van der Waals surface area contributed by atoms with E-state index in [1.54, 1.807) is 47.8 Å². The minimum atomic E-state index is -0.197. The molecular formula is C39H62N4O2S2. The number of aromatic hydroxyl groups is 2. The number of thioether (sulfide) groups is 2. The van der Waals surface area contributed by atoms with Gasteiger partial charge in [-0.1, -0.05) is 161 Å². The van der Waals surface area contributed by atoms with Crippen molar-refractivity contribution in [3.05, 3.63) is 53.6 Å². The molecule has 8 heteroatoms. The van der Waals surface area contributed by atoms with Crippen molar-refractivity contribution < 1.29 is 10.2 Å². The van der Waals surface area contributed by atoms with Crippen LogP contribution in [0.2, 0.25) is 0 Å². The van der Waals surface area contributed by atoms with Crippen molar-refractivity contribution in [2.75, 3.05) is 16.8 Å². The Balaban J connectivity index is 0.000000965. The number of rotatable bonds is 18. The van der Waals surface area contributed by atoms with Crippen LogP contribution in [-0.4, -0.2) is 36.7 Å². The van der Waals surface area contributed by atoms with Gasteiger partial charge < -0.3 is 15.5 Å². The van der Waals surface area contributed by atoms with E-state index in [1.165, 1.54) is 77.0 Å². The number of hydrogen-bond acceptors (Lipinski definition) is 8. The van der Waals surface area contributed by atoms with Gasteiger partial charge in [0.2, 0.25) is 5.95 Å². The van der Waals surface area contributed by atoms with Gasteiger partial charge in [-0.3, -0.25) is 0 Å². The number of phenols is 2. The molecule has 2 aromatic carbocycles. The smallest absolute Gasteiger partial charge is 0.232 e. The van der Waals surface area contributed by atoms with Gasteiger partial charge in [0, 0.05) is 28.3 Å². The maximum atomic E-state index is 11.1. The number of unbranched alkanes of at least 4 members (excludes halogenated alkanes) is 10.